The molecule has 146 valence electrons. The van der Waals surface area contributed by atoms with Crippen LogP contribution in [0, 0.1) is 6.07 Å². The molecule has 0 bridgehead atoms. The van der Waals surface area contributed by atoms with Crippen molar-refractivity contribution in [3.05, 3.63) is 88.3 Å². The van der Waals surface area contributed by atoms with E-state index in [0.717, 1.165) is 36.3 Å². The maximum Gasteiger partial charge on any atom is 0.344 e. The van der Waals surface area contributed by atoms with Gasteiger partial charge in [-0.25, -0.2) is 0 Å². The first kappa shape index (κ1) is 19.2. The number of benzene rings is 3. The fourth-order valence-electron chi connectivity index (χ4n) is 4.04. The van der Waals surface area contributed by atoms with E-state index in [0.29, 0.717) is 6.04 Å². The molecule has 0 N–H and O–H groups in total. The lowest BCUT2D eigenvalue weighted by molar-refractivity contribution is 0.265. The van der Waals surface area contributed by atoms with Crippen molar-refractivity contribution >= 4 is 5.69 Å². The van der Waals surface area contributed by atoms with E-state index in [1.54, 1.807) is 7.11 Å². The fraction of sp³-hybridized carbons (Fsp3) is 0.269. The second-order valence-electron chi connectivity index (χ2n) is 7.77. The fourth-order valence-corrected chi connectivity index (χ4v) is 4.04. The van der Waals surface area contributed by atoms with Gasteiger partial charge < -0.3 is 9.64 Å². The minimum absolute atomic E-state index is 0.546. The first-order valence-corrected chi connectivity index (χ1v) is 10.1. The van der Waals surface area contributed by atoms with Gasteiger partial charge in [-0.3, -0.25) is 0 Å². The summed E-state index contributed by atoms with van der Waals surface area (Å²) in [5, 5.41) is 0. The van der Waals surface area contributed by atoms with Crippen molar-refractivity contribution in [3.63, 3.8) is 0 Å². The lowest BCUT2D eigenvalue weighted by Gasteiger charge is -2.29. The minimum Gasteiger partial charge on any atom is -0.496 e. The number of hydrogen-bond donors (Lipinski definition) is 0. The molecule has 3 heteroatoms. The lowest BCUT2D eigenvalue weighted by atomic mass is 9.86. The summed E-state index contributed by atoms with van der Waals surface area (Å²) in [6.07, 6.45) is 3.16. The van der Waals surface area contributed by atoms with Crippen molar-refractivity contribution in [2.45, 2.75) is 25.3 Å². The molecule has 0 heterocycles. The molecule has 1 aliphatic rings. The quantitative estimate of drug-likeness (QED) is 0.569. The predicted molar refractivity (Wildman–Crippen MR) is 120 cm³/mol. The highest BCUT2D eigenvalue weighted by Gasteiger charge is 2.28. The van der Waals surface area contributed by atoms with Gasteiger partial charge in [0.25, 0.3) is 0 Å². The summed E-state index contributed by atoms with van der Waals surface area (Å²) in [7, 11) is 6.05. The third-order valence-electron chi connectivity index (χ3n) is 5.78. The number of hydrogen-bond acceptors (Lipinski definition) is 2. The third kappa shape index (κ3) is 4.18. The van der Waals surface area contributed by atoms with Gasteiger partial charge in [0.15, 0.2) is 0 Å². The van der Waals surface area contributed by atoms with Crippen LogP contribution in [0.25, 0.3) is 16.0 Å². The molecule has 29 heavy (non-hydrogen) atoms. The van der Waals surface area contributed by atoms with Crippen molar-refractivity contribution in [2.24, 2.45) is 0 Å². The van der Waals surface area contributed by atoms with Crippen molar-refractivity contribution in [3.8, 4) is 22.9 Å². The Kier molecular flexibility index (Phi) is 5.64. The van der Waals surface area contributed by atoms with Gasteiger partial charge >= 0.3 is 11.8 Å². The summed E-state index contributed by atoms with van der Waals surface area (Å²) in [4.78, 5) is 7.02. The number of methoxy groups -OCH3 is 1. The molecule has 1 atom stereocenters. The monoisotopic (exact) mass is 383 g/mol. The highest BCUT2D eigenvalue weighted by Crippen LogP contribution is 2.37. The second-order valence-corrected chi connectivity index (χ2v) is 7.77. The molecule has 0 saturated carbocycles. The molecule has 3 nitrogen and oxygen atoms in total. The Hall–Kier alpha value is -3.09. The number of rotatable bonds is 3. The summed E-state index contributed by atoms with van der Waals surface area (Å²) < 4.78 is 5.63. The molecule has 0 fully saturated rings. The van der Waals surface area contributed by atoms with Gasteiger partial charge in [0.2, 0.25) is 0 Å². The van der Waals surface area contributed by atoms with Gasteiger partial charge in [-0.15, -0.1) is 0 Å². The Labute approximate surface area is 173 Å². The van der Waals surface area contributed by atoms with Crippen LogP contribution in [-0.4, -0.2) is 32.1 Å². The Morgan fingerprint density at radius 2 is 1.62 bits per heavy atom. The summed E-state index contributed by atoms with van der Waals surface area (Å²) in [6.45, 7) is 0. The van der Waals surface area contributed by atoms with E-state index in [2.05, 4.69) is 79.7 Å². The number of fused-ring (bicyclic) bond motifs is 1. The van der Waals surface area contributed by atoms with E-state index in [1.165, 1.54) is 22.3 Å². The molecule has 0 saturated heterocycles. The molecule has 0 aliphatic heterocycles. The van der Waals surface area contributed by atoms with Crippen molar-refractivity contribution < 1.29 is 4.74 Å². The summed E-state index contributed by atoms with van der Waals surface area (Å²) in [6, 6.07) is 26.7. The molecule has 3 aromatic carbocycles. The van der Waals surface area contributed by atoms with E-state index >= 15 is 0 Å². The van der Waals surface area contributed by atoms with E-state index in [1.807, 2.05) is 12.1 Å². The molecule has 3 aromatic rings. The SMILES string of the molecule is COc1ccc([N+]#Cc2ccc(-c3ccccc3)cc2)c2c1C[C@@H](N(C)C)CC2. The maximum atomic E-state index is 5.63. The van der Waals surface area contributed by atoms with Gasteiger partial charge in [-0.05, 0) is 67.5 Å². The van der Waals surface area contributed by atoms with Gasteiger partial charge in [-0.2, -0.15) is 0 Å². The van der Waals surface area contributed by atoms with Crippen molar-refractivity contribution in [1.82, 2.24) is 4.90 Å². The Morgan fingerprint density at radius 1 is 0.897 bits per heavy atom. The van der Waals surface area contributed by atoms with Gasteiger partial charge in [0.1, 0.15) is 11.3 Å². The molecule has 0 unspecified atom stereocenters. The van der Waals surface area contributed by atoms with E-state index < -0.39 is 0 Å². The molecule has 0 radical (unpaired) electrons. The summed E-state index contributed by atoms with van der Waals surface area (Å²) in [5.41, 5.74) is 7.00. The van der Waals surface area contributed by atoms with Crippen LogP contribution in [0.15, 0.2) is 66.7 Å². The Bertz CT molecular complexity index is 1040. The van der Waals surface area contributed by atoms with Gasteiger partial charge in [0.05, 0.1) is 12.7 Å². The Balaban J connectivity index is 1.61. The molecule has 0 spiro atoms. The number of nitrogens with zero attached hydrogens (tertiary/aromatic N) is 2. The molecule has 1 aliphatic carbocycles. The Morgan fingerprint density at radius 3 is 2.31 bits per heavy atom. The van der Waals surface area contributed by atoms with Crippen LogP contribution in [0.4, 0.5) is 5.69 Å². The zero-order chi connectivity index (χ0) is 20.2. The molecular weight excluding hydrogens is 356 g/mol. The average Bonchev–Trinajstić information content (AvgIpc) is 2.78. The maximum absolute atomic E-state index is 5.63. The minimum atomic E-state index is 0.546. The van der Waals surface area contributed by atoms with Gasteiger partial charge in [-0.1, -0.05) is 42.5 Å². The summed E-state index contributed by atoms with van der Waals surface area (Å²) >= 11 is 0. The first-order valence-electron chi connectivity index (χ1n) is 10.1. The number of likely N-dealkylation sites (N-methyl/N-ethyl adjacent to an activating group) is 1. The second kappa shape index (κ2) is 8.51. The van der Waals surface area contributed by atoms with E-state index in [9.17, 15) is 0 Å². The van der Waals surface area contributed by atoms with Crippen LogP contribution in [-0.2, 0) is 12.8 Å². The topological polar surface area (TPSA) is 16.8 Å². The van der Waals surface area contributed by atoms with Crippen LogP contribution in [0.2, 0.25) is 0 Å². The van der Waals surface area contributed by atoms with E-state index in [4.69, 9.17) is 9.58 Å². The highest BCUT2D eigenvalue weighted by molar-refractivity contribution is 5.65. The lowest BCUT2D eigenvalue weighted by Crippen LogP contribution is -2.33. The molecular formula is C26H27N2O+. The largest absolute Gasteiger partial charge is 0.496 e. The standard InChI is InChI=1S/C26H27N2O/c1-28(2)22-13-14-23-24(17-22)26(29-3)16-15-25(23)27-18-19-9-11-21(12-10-19)20-7-5-4-6-8-20/h4-12,15-16,22H,13-14,17H2,1-3H3/q+1/t22-/m0/s1. The van der Waals surface area contributed by atoms with Crippen LogP contribution >= 0.6 is 0 Å². The first-order chi connectivity index (χ1) is 14.2. The van der Waals surface area contributed by atoms with Gasteiger partial charge in [0, 0.05) is 17.7 Å². The van der Waals surface area contributed by atoms with Crippen LogP contribution in [0.1, 0.15) is 23.1 Å². The molecule has 0 amide bonds. The van der Waals surface area contributed by atoms with Crippen LogP contribution in [0.5, 0.6) is 5.75 Å². The van der Waals surface area contributed by atoms with Crippen molar-refractivity contribution in [1.29, 1.82) is 0 Å². The van der Waals surface area contributed by atoms with Crippen LogP contribution < -0.4 is 4.74 Å². The zero-order valence-electron chi connectivity index (χ0n) is 17.4. The van der Waals surface area contributed by atoms with E-state index in [-0.39, 0.29) is 0 Å². The predicted octanol–water partition coefficient (Wildman–Crippen LogP) is 5.79. The molecule has 0 aromatic heterocycles. The average molecular weight is 384 g/mol. The van der Waals surface area contributed by atoms with Crippen molar-refractivity contribution in [2.75, 3.05) is 21.2 Å². The van der Waals surface area contributed by atoms with Crippen LogP contribution in [0.3, 0.4) is 0 Å². The third-order valence-corrected chi connectivity index (χ3v) is 5.78. The zero-order valence-corrected chi connectivity index (χ0v) is 17.4. The highest BCUT2D eigenvalue weighted by atomic mass is 16.5. The molecule has 4 rings (SSSR count). The summed E-state index contributed by atoms with van der Waals surface area (Å²) in [5.74, 6) is 0.970. The number of ether oxygens (including phenoxy) is 1. The normalized spacial score (nSPS) is 15.4. The smallest absolute Gasteiger partial charge is 0.344 e.